The molecule has 20 rings (SSSR count). The molecule has 0 saturated carbocycles. The molecule has 6 saturated heterocycles. The maximum absolute atomic E-state index is 14.9. The molecule has 594 valence electrons. The second-order valence-electron chi connectivity index (χ2n) is 30.7. The van der Waals surface area contributed by atoms with Gasteiger partial charge in [-0.1, -0.05) is 71.9 Å². The summed E-state index contributed by atoms with van der Waals surface area (Å²) in [5.41, 5.74) is 4.81. The van der Waals surface area contributed by atoms with E-state index in [0.29, 0.717) is 102 Å². The molecule has 3 amide bonds. The third kappa shape index (κ3) is 13.9. The fraction of sp³-hybridized carbons (Fsp3) is 0.321. The number of halogens is 1. The highest BCUT2D eigenvalue weighted by Crippen LogP contribution is 2.45. The molecule has 6 aliphatic rings. The minimum Gasteiger partial charge on any atom is -0.494 e. The molecule has 117 heavy (non-hydrogen) atoms. The number of aryl methyl sites for hydroxylation is 2. The van der Waals surface area contributed by atoms with Crippen LogP contribution in [0.3, 0.4) is 0 Å². The number of amides is 3. The number of fused-ring (bicyclic) bond motifs is 3. The van der Waals surface area contributed by atoms with Gasteiger partial charge in [0.2, 0.25) is 11.9 Å². The number of anilines is 2. The molecule has 14 aromatic rings. The number of methoxy groups -OCH3 is 2. The van der Waals surface area contributed by atoms with Crippen molar-refractivity contribution in [2.45, 2.75) is 58.9 Å². The number of aromatic amines is 3. The van der Waals surface area contributed by atoms with Gasteiger partial charge in [0.15, 0.2) is 23.3 Å². The zero-order valence-electron chi connectivity index (χ0n) is 64.4. The Morgan fingerprint density at radius 2 is 0.872 bits per heavy atom. The van der Waals surface area contributed by atoms with Gasteiger partial charge >= 0.3 is 0 Å². The van der Waals surface area contributed by atoms with Crippen LogP contribution in [0.2, 0.25) is 0 Å². The Hall–Kier alpha value is -14.1. The van der Waals surface area contributed by atoms with Crippen LogP contribution in [0.25, 0.3) is 61.5 Å². The number of H-pyrrole nitrogens is 3. The zero-order valence-corrected chi connectivity index (χ0v) is 64.4. The van der Waals surface area contributed by atoms with Crippen LogP contribution in [-0.2, 0) is 20.9 Å². The van der Waals surface area contributed by atoms with Crippen molar-refractivity contribution in [3.63, 3.8) is 0 Å². The van der Waals surface area contributed by atoms with Crippen LogP contribution >= 0.6 is 0 Å². The molecule has 3 N–H and O–H groups in total. The maximum atomic E-state index is 14.9. The van der Waals surface area contributed by atoms with Gasteiger partial charge in [-0.2, -0.15) is 39.7 Å². The molecule has 3 spiro atoms. The van der Waals surface area contributed by atoms with Crippen molar-refractivity contribution in [3.05, 3.63) is 206 Å². The van der Waals surface area contributed by atoms with Gasteiger partial charge in [0.05, 0.1) is 106 Å². The average molecular weight is 1580 g/mol. The Kier molecular flexibility index (Phi) is 19.3. The standard InChI is InChI=1S/C28H28N10O3.C27H29N7O3.C26H23FN10O2/c1-18-32-17-37(34-18)25-23-22(21(41-2)13-30-25)20(12-29-23)24(39)26(40)35-10-8-28(14-35)9-11-36(15-28)27-31-16-33-38(27)19-6-4-3-5-7-19;1-18-30-17-34(31-18)25-23-22(21(37-2)13-29-25)20(12-28-23)24(35)26(36)33-11-9-27(16-33)8-10-32(15-27)14-19-6-4-3-5-7-19;27-19-13-29-23(36-11-8-31-33-36)21-20(19)18(12-28-21)22(38)24(39)34-9-6-26(14-34)7-10-35(15-26)25-30-16-32-37(25)17-4-2-1-3-5-17/h3-7,12-13,16-17,29H,8-11,14-15H2,1-2H3;3-7,12-13,17,28H,8-11,14-16H2,1-2H3;1-5,8,11-13,16,28H,6-7,9-10,14-15H2. The second kappa shape index (κ2) is 30.4. The Balaban J connectivity index is 0.000000121. The van der Waals surface area contributed by atoms with Crippen LogP contribution in [0.5, 0.6) is 11.5 Å². The van der Waals surface area contributed by atoms with E-state index in [2.05, 4.69) is 120 Å². The summed E-state index contributed by atoms with van der Waals surface area (Å²) in [5.74, 6) is 0.525. The molecule has 17 heterocycles. The number of benzene rings is 3. The number of pyridine rings is 3. The molecule has 0 bridgehead atoms. The number of hydrogen-bond donors (Lipinski definition) is 3. The predicted octanol–water partition coefficient (Wildman–Crippen LogP) is 7.30. The summed E-state index contributed by atoms with van der Waals surface area (Å²) in [6.45, 7) is 12.6. The number of carbonyl (C=O) groups is 6. The van der Waals surface area contributed by atoms with Crippen LogP contribution in [-0.4, -0.2) is 251 Å². The lowest BCUT2D eigenvalue weighted by Crippen LogP contribution is -2.38. The fourth-order valence-electron chi connectivity index (χ4n) is 17.6. The molecule has 11 aromatic heterocycles. The Labute approximate surface area is 666 Å². The fourth-order valence-corrected chi connectivity index (χ4v) is 17.6. The van der Waals surface area contributed by atoms with Crippen LogP contribution in [0.4, 0.5) is 16.3 Å². The molecule has 0 aliphatic carbocycles. The number of likely N-dealkylation sites (tertiary alicyclic amines) is 4. The maximum Gasteiger partial charge on any atom is 0.295 e. The zero-order chi connectivity index (χ0) is 80.3. The van der Waals surface area contributed by atoms with Crippen molar-refractivity contribution in [3.8, 4) is 40.3 Å². The molecule has 3 aromatic carbocycles. The number of para-hydroxylation sites is 2. The SMILES string of the molecule is COc1cnc(-n2cnc(C)n2)c2[nH]cc(C(=O)C(=O)N3CCC4(CCN(Cc5ccccc5)C4)C3)c12.COc1cnc(-n2cnc(C)n2)c2[nH]cc(C(=O)C(=O)N3CCC4(CCN(c5ncnn5-c5ccccc5)C4)C3)c12.O=C(C(=O)N1CCC2(CCN(c3ncnn3-c3ccccc3)C2)C1)c1c[nH]c2c(-n3ccnn3)ncc(F)c12. The van der Waals surface area contributed by atoms with Gasteiger partial charge < -0.3 is 48.9 Å². The Bertz CT molecular complexity index is 6110. The molecule has 6 fully saturated rings. The lowest BCUT2D eigenvalue weighted by atomic mass is 9.86. The third-order valence-corrected chi connectivity index (χ3v) is 23.4. The van der Waals surface area contributed by atoms with E-state index in [4.69, 9.17) is 9.47 Å². The van der Waals surface area contributed by atoms with Gasteiger partial charge in [0.1, 0.15) is 48.5 Å². The minimum absolute atomic E-state index is 0.00931. The number of ether oxygens (including phenoxy) is 2. The minimum atomic E-state index is -0.758. The van der Waals surface area contributed by atoms with Gasteiger partial charge in [-0.15, -0.1) is 5.10 Å². The van der Waals surface area contributed by atoms with Crippen LogP contribution < -0.4 is 19.3 Å². The molecule has 36 heteroatoms. The summed E-state index contributed by atoms with van der Waals surface area (Å²) >= 11 is 0. The number of aromatic nitrogens is 21. The topological polar surface area (TPSA) is 380 Å². The Morgan fingerprint density at radius 3 is 1.31 bits per heavy atom. The summed E-state index contributed by atoms with van der Waals surface area (Å²) in [6, 6.07) is 30.2. The predicted molar refractivity (Wildman–Crippen MR) is 422 cm³/mol. The number of ketones is 3. The van der Waals surface area contributed by atoms with Gasteiger partial charge in [-0.25, -0.2) is 43.4 Å². The van der Waals surface area contributed by atoms with Gasteiger partial charge in [-0.3, -0.25) is 33.7 Å². The van der Waals surface area contributed by atoms with Crippen LogP contribution in [0.15, 0.2) is 166 Å². The van der Waals surface area contributed by atoms with E-state index >= 15 is 0 Å². The quantitative estimate of drug-likeness (QED) is 0.0594. The monoisotopic (exact) mass is 1580 g/mol. The number of nitrogens with zero attached hydrogens (tertiary/aromatic N) is 24. The van der Waals surface area contributed by atoms with Crippen molar-refractivity contribution < 1.29 is 42.6 Å². The summed E-state index contributed by atoms with van der Waals surface area (Å²) in [7, 11) is 3.03. The summed E-state index contributed by atoms with van der Waals surface area (Å²) < 4.78 is 34.0. The Morgan fingerprint density at radius 1 is 0.462 bits per heavy atom. The normalized spacial score (nSPS) is 19.1. The van der Waals surface area contributed by atoms with E-state index in [-0.39, 0.29) is 49.7 Å². The van der Waals surface area contributed by atoms with Crippen molar-refractivity contribution >= 4 is 79.7 Å². The third-order valence-electron chi connectivity index (χ3n) is 23.4. The summed E-state index contributed by atoms with van der Waals surface area (Å²) in [5, 5.41) is 26.2. The molecule has 0 radical (unpaired) electrons. The largest absolute Gasteiger partial charge is 0.494 e. The van der Waals surface area contributed by atoms with Crippen molar-refractivity contribution in [1.82, 2.24) is 124 Å². The molecule has 35 nitrogen and oxygen atoms in total. The lowest BCUT2D eigenvalue weighted by Gasteiger charge is -2.25. The smallest absolute Gasteiger partial charge is 0.295 e. The average Bonchev–Trinajstić information content (AvgIpc) is 1.63. The summed E-state index contributed by atoms with van der Waals surface area (Å²) in [6.07, 6.45) is 23.1. The van der Waals surface area contributed by atoms with Crippen molar-refractivity contribution in [2.75, 3.05) is 103 Å². The first-order valence-electron chi connectivity index (χ1n) is 38.5. The molecule has 3 unspecified atom stereocenters. The van der Waals surface area contributed by atoms with E-state index in [9.17, 15) is 33.2 Å². The van der Waals surface area contributed by atoms with E-state index < -0.39 is 40.9 Å². The number of rotatable bonds is 17. The molecule has 6 aliphatic heterocycles. The lowest BCUT2D eigenvalue weighted by molar-refractivity contribution is -0.126. The van der Waals surface area contributed by atoms with E-state index in [1.807, 2.05) is 76.1 Å². The first-order chi connectivity index (χ1) is 56.9. The van der Waals surface area contributed by atoms with Gasteiger partial charge in [0, 0.05) is 113 Å². The first kappa shape index (κ1) is 74.4. The molecule has 3 atom stereocenters. The van der Waals surface area contributed by atoms with Crippen LogP contribution in [0, 0.1) is 35.9 Å². The highest BCUT2D eigenvalue weighted by molar-refractivity contribution is 6.46. The van der Waals surface area contributed by atoms with Gasteiger partial charge in [-0.05, 0) is 88.7 Å². The second-order valence-corrected chi connectivity index (χ2v) is 30.7. The summed E-state index contributed by atoms with van der Waals surface area (Å²) in [4.78, 5) is 132. The number of hydrogen-bond acceptors (Lipinski definition) is 24. The van der Waals surface area contributed by atoms with E-state index in [1.54, 1.807) is 72.4 Å². The highest BCUT2D eigenvalue weighted by Gasteiger charge is 2.50. The molecular weight excluding hydrogens is 1500 g/mol. The van der Waals surface area contributed by atoms with Crippen LogP contribution in [0.1, 0.15) is 86.8 Å². The molecular formula is C81H80FN27O8. The number of nitrogens with one attached hydrogen (secondary N) is 3. The number of carbonyl (C=O) groups excluding carboxylic acids is 6. The van der Waals surface area contributed by atoms with E-state index in [0.717, 1.165) is 107 Å². The van der Waals surface area contributed by atoms with Crippen molar-refractivity contribution in [1.29, 1.82) is 0 Å². The number of Topliss-reactive ketones (excluding diaryl/α,β-unsaturated/α-hetero) is 3. The first-order valence-corrected chi connectivity index (χ1v) is 38.5. The van der Waals surface area contributed by atoms with E-state index in [1.165, 1.54) is 58.6 Å². The highest BCUT2D eigenvalue weighted by atomic mass is 19.1. The van der Waals surface area contributed by atoms with Crippen molar-refractivity contribution in [2.24, 2.45) is 16.2 Å². The van der Waals surface area contributed by atoms with Gasteiger partial charge in [0.25, 0.3) is 35.1 Å².